The summed E-state index contributed by atoms with van der Waals surface area (Å²) in [6.45, 7) is 6.50. The lowest BCUT2D eigenvalue weighted by molar-refractivity contribution is 0.204. The predicted molar refractivity (Wildman–Crippen MR) is 76.4 cm³/mol. The van der Waals surface area contributed by atoms with Crippen molar-refractivity contribution in [3.8, 4) is 0 Å². The highest BCUT2D eigenvalue weighted by Crippen LogP contribution is 2.26. The van der Waals surface area contributed by atoms with Gasteiger partial charge in [-0.25, -0.2) is 0 Å². The van der Waals surface area contributed by atoms with Crippen LogP contribution in [0.2, 0.25) is 0 Å². The van der Waals surface area contributed by atoms with E-state index in [1.807, 2.05) is 6.07 Å². The highest BCUT2D eigenvalue weighted by molar-refractivity contribution is 9.10. The Balaban J connectivity index is 3.02. The Morgan fingerprint density at radius 2 is 2.12 bits per heavy atom. The van der Waals surface area contributed by atoms with Crippen molar-refractivity contribution in [2.24, 2.45) is 5.73 Å². The van der Waals surface area contributed by atoms with Crippen LogP contribution in [-0.2, 0) is 11.3 Å². The van der Waals surface area contributed by atoms with Gasteiger partial charge in [0.15, 0.2) is 0 Å². The second-order valence-electron chi connectivity index (χ2n) is 4.26. The minimum Gasteiger partial charge on any atom is -0.383 e. The smallest absolute Gasteiger partial charge is 0.0637 e. The van der Waals surface area contributed by atoms with Gasteiger partial charge in [0.2, 0.25) is 0 Å². The van der Waals surface area contributed by atoms with Gasteiger partial charge in [-0.3, -0.25) is 0 Å². The molecule has 1 aromatic rings. The number of benzene rings is 1. The molecule has 0 aliphatic carbocycles. The summed E-state index contributed by atoms with van der Waals surface area (Å²) >= 11 is 3.51. The van der Waals surface area contributed by atoms with Crippen LogP contribution in [0, 0.1) is 0 Å². The molecule has 2 N–H and O–H groups in total. The highest BCUT2D eigenvalue weighted by atomic mass is 79.9. The van der Waals surface area contributed by atoms with E-state index in [0.717, 1.165) is 16.6 Å². The molecular weight excluding hydrogens is 280 g/mol. The molecule has 1 aromatic carbocycles. The second-order valence-corrected chi connectivity index (χ2v) is 5.17. The molecule has 17 heavy (non-hydrogen) atoms. The first-order chi connectivity index (χ1) is 8.10. The number of methoxy groups -OCH3 is 1. The van der Waals surface area contributed by atoms with E-state index in [-0.39, 0.29) is 0 Å². The SMILES string of the molecule is COCCN(c1cc(Br)ccc1CN)C(C)C. The molecule has 4 heteroatoms. The molecule has 0 saturated heterocycles. The van der Waals surface area contributed by atoms with E-state index in [0.29, 0.717) is 19.2 Å². The maximum absolute atomic E-state index is 5.79. The average Bonchev–Trinajstić information content (AvgIpc) is 2.29. The molecule has 0 aliphatic heterocycles. The summed E-state index contributed by atoms with van der Waals surface area (Å²) in [5.41, 5.74) is 8.15. The Kier molecular flexibility index (Phi) is 5.95. The van der Waals surface area contributed by atoms with Gasteiger partial charge < -0.3 is 15.4 Å². The fourth-order valence-corrected chi connectivity index (χ4v) is 2.17. The van der Waals surface area contributed by atoms with Crippen molar-refractivity contribution in [2.45, 2.75) is 26.4 Å². The van der Waals surface area contributed by atoms with Crippen LogP contribution in [0.15, 0.2) is 22.7 Å². The van der Waals surface area contributed by atoms with Crippen LogP contribution in [0.1, 0.15) is 19.4 Å². The summed E-state index contributed by atoms with van der Waals surface area (Å²) < 4.78 is 6.24. The Bertz CT molecular complexity index is 355. The van der Waals surface area contributed by atoms with Crippen molar-refractivity contribution in [3.05, 3.63) is 28.2 Å². The van der Waals surface area contributed by atoms with E-state index in [9.17, 15) is 0 Å². The summed E-state index contributed by atoms with van der Waals surface area (Å²) in [4.78, 5) is 2.32. The standard InChI is InChI=1S/C13H21BrN2O/c1-10(2)16(6-7-17-3)13-8-12(14)5-4-11(13)9-15/h4-5,8,10H,6-7,9,15H2,1-3H3. The number of hydrogen-bond acceptors (Lipinski definition) is 3. The molecule has 0 aromatic heterocycles. The molecule has 0 amide bonds. The Morgan fingerprint density at radius 1 is 1.41 bits per heavy atom. The molecule has 0 bridgehead atoms. The fourth-order valence-electron chi connectivity index (χ4n) is 1.82. The summed E-state index contributed by atoms with van der Waals surface area (Å²) in [6.07, 6.45) is 0. The lowest BCUT2D eigenvalue weighted by Gasteiger charge is -2.30. The van der Waals surface area contributed by atoms with Gasteiger partial charge in [0.25, 0.3) is 0 Å². The normalized spacial score (nSPS) is 10.9. The van der Waals surface area contributed by atoms with Crippen LogP contribution in [0.4, 0.5) is 5.69 Å². The first-order valence-electron chi connectivity index (χ1n) is 5.84. The number of nitrogens with zero attached hydrogens (tertiary/aromatic N) is 1. The zero-order chi connectivity index (χ0) is 12.8. The number of halogens is 1. The molecule has 96 valence electrons. The molecule has 0 fully saturated rings. The van der Waals surface area contributed by atoms with Gasteiger partial charge in [-0.15, -0.1) is 0 Å². The lowest BCUT2D eigenvalue weighted by atomic mass is 10.1. The van der Waals surface area contributed by atoms with Crippen molar-refractivity contribution < 1.29 is 4.74 Å². The fraction of sp³-hybridized carbons (Fsp3) is 0.538. The van der Waals surface area contributed by atoms with E-state index in [1.165, 1.54) is 5.69 Å². The van der Waals surface area contributed by atoms with Gasteiger partial charge >= 0.3 is 0 Å². The number of nitrogens with two attached hydrogens (primary N) is 1. The predicted octanol–water partition coefficient (Wildman–Crippen LogP) is 2.77. The Labute approximate surface area is 112 Å². The third-order valence-corrected chi connectivity index (χ3v) is 3.23. The largest absolute Gasteiger partial charge is 0.383 e. The van der Waals surface area contributed by atoms with Gasteiger partial charge in [0.1, 0.15) is 0 Å². The topological polar surface area (TPSA) is 38.5 Å². The monoisotopic (exact) mass is 300 g/mol. The van der Waals surface area contributed by atoms with E-state index >= 15 is 0 Å². The molecule has 0 heterocycles. The number of ether oxygens (including phenoxy) is 1. The molecule has 3 nitrogen and oxygen atoms in total. The summed E-state index contributed by atoms with van der Waals surface area (Å²) in [5.74, 6) is 0. The molecule has 1 rings (SSSR count). The van der Waals surface area contributed by atoms with E-state index < -0.39 is 0 Å². The third kappa shape index (κ3) is 3.98. The van der Waals surface area contributed by atoms with Crippen molar-refractivity contribution >= 4 is 21.6 Å². The number of rotatable bonds is 6. The highest BCUT2D eigenvalue weighted by Gasteiger charge is 2.14. The van der Waals surface area contributed by atoms with Gasteiger partial charge in [-0.05, 0) is 31.5 Å². The Morgan fingerprint density at radius 3 is 2.65 bits per heavy atom. The van der Waals surface area contributed by atoms with Crippen molar-refractivity contribution in [1.29, 1.82) is 0 Å². The summed E-state index contributed by atoms with van der Waals surface area (Å²) in [5, 5.41) is 0. The lowest BCUT2D eigenvalue weighted by Crippen LogP contribution is -2.34. The van der Waals surface area contributed by atoms with Crippen LogP contribution >= 0.6 is 15.9 Å². The number of anilines is 1. The van der Waals surface area contributed by atoms with E-state index in [4.69, 9.17) is 10.5 Å². The Hall–Kier alpha value is -0.580. The molecule has 0 aliphatic rings. The molecule has 0 radical (unpaired) electrons. The maximum Gasteiger partial charge on any atom is 0.0637 e. The summed E-state index contributed by atoms with van der Waals surface area (Å²) in [6, 6.07) is 6.64. The van der Waals surface area contributed by atoms with Crippen LogP contribution in [0.5, 0.6) is 0 Å². The van der Waals surface area contributed by atoms with Crippen LogP contribution in [0.3, 0.4) is 0 Å². The van der Waals surface area contributed by atoms with Gasteiger partial charge in [-0.2, -0.15) is 0 Å². The third-order valence-electron chi connectivity index (χ3n) is 2.74. The van der Waals surface area contributed by atoms with Gasteiger partial charge in [0, 0.05) is 36.4 Å². The first-order valence-corrected chi connectivity index (χ1v) is 6.63. The quantitative estimate of drug-likeness (QED) is 0.878. The minimum absolute atomic E-state index is 0.421. The molecular formula is C13H21BrN2O. The maximum atomic E-state index is 5.79. The molecule has 0 spiro atoms. The van der Waals surface area contributed by atoms with Gasteiger partial charge in [-0.1, -0.05) is 22.0 Å². The number of hydrogen-bond donors (Lipinski definition) is 1. The van der Waals surface area contributed by atoms with Crippen LogP contribution in [-0.4, -0.2) is 26.3 Å². The van der Waals surface area contributed by atoms with Crippen molar-refractivity contribution in [3.63, 3.8) is 0 Å². The van der Waals surface area contributed by atoms with Crippen LogP contribution in [0.25, 0.3) is 0 Å². The van der Waals surface area contributed by atoms with Crippen molar-refractivity contribution in [2.75, 3.05) is 25.2 Å². The zero-order valence-electron chi connectivity index (χ0n) is 10.7. The molecule has 0 unspecified atom stereocenters. The minimum atomic E-state index is 0.421. The summed E-state index contributed by atoms with van der Waals surface area (Å²) in [7, 11) is 1.73. The second kappa shape index (κ2) is 6.99. The van der Waals surface area contributed by atoms with Crippen LogP contribution < -0.4 is 10.6 Å². The van der Waals surface area contributed by atoms with E-state index in [2.05, 4.69) is 46.8 Å². The first kappa shape index (κ1) is 14.5. The zero-order valence-corrected chi connectivity index (χ0v) is 12.3. The van der Waals surface area contributed by atoms with Crippen molar-refractivity contribution in [1.82, 2.24) is 0 Å². The van der Waals surface area contributed by atoms with Gasteiger partial charge in [0.05, 0.1) is 6.61 Å². The average molecular weight is 301 g/mol. The molecule has 0 saturated carbocycles. The van der Waals surface area contributed by atoms with E-state index in [1.54, 1.807) is 7.11 Å². The molecule has 0 atom stereocenters.